The molecule has 0 radical (unpaired) electrons. The lowest BCUT2D eigenvalue weighted by molar-refractivity contribution is -0.134. The summed E-state index contributed by atoms with van der Waals surface area (Å²) >= 11 is 0. The number of nitrogens with one attached hydrogen (secondary N) is 1. The number of anilines is 1. The van der Waals surface area contributed by atoms with E-state index in [1.807, 2.05) is 4.90 Å². The van der Waals surface area contributed by atoms with Crippen LogP contribution in [0.3, 0.4) is 0 Å². The van der Waals surface area contributed by atoms with Gasteiger partial charge in [-0.25, -0.2) is 0 Å². The first kappa shape index (κ1) is 20.5. The van der Waals surface area contributed by atoms with Gasteiger partial charge in [0, 0.05) is 57.4 Å². The van der Waals surface area contributed by atoms with Gasteiger partial charge in [-0.15, -0.1) is 0 Å². The summed E-state index contributed by atoms with van der Waals surface area (Å²) in [5.74, 6) is 1.19. The van der Waals surface area contributed by atoms with E-state index in [2.05, 4.69) is 59.3 Å². The van der Waals surface area contributed by atoms with Crippen LogP contribution in [0.5, 0.6) is 0 Å². The third-order valence-electron chi connectivity index (χ3n) is 5.75. The van der Waals surface area contributed by atoms with Crippen molar-refractivity contribution in [2.24, 2.45) is 4.99 Å². The molecule has 0 aromatic heterocycles. The second-order valence-corrected chi connectivity index (χ2v) is 7.73. The lowest BCUT2D eigenvalue weighted by atomic mass is 10.0. The summed E-state index contributed by atoms with van der Waals surface area (Å²) in [7, 11) is 0. The van der Waals surface area contributed by atoms with Crippen molar-refractivity contribution in [2.45, 2.75) is 45.6 Å². The monoisotopic (exact) mass is 385 g/mol. The number of benzene rings is 1. The molecule has 1 amide bonds. The molecule has 6 heteroatoms. The molecule has 0 saturated carbocycles. The zero-order valence-electron chi connectivity index (χ0n) is 17.4. The predicted octanol–water partition coefficient (Wildman–Crippen LogP) is 2.57. The lowest BCUT2D eigenvalue weighted by Gasteiger charge is -2.37. The smallest absolute Gasteiger partial charge is 0.224 e. The third-order valence-corrected chi connectivity index (χ3v) is 5.75. The highest BCUT2D eigenvalue weighted by Crippen LogP contribution is 2.18. The molecule has 1 unspecified atom stereocenters. The highest BCUT2D eigenvalue weighted by atomic mass is 16.2. The Morgan fingerprint density at radius 3 is 2.54 bits per heavy atom. The minimum atomic E-state index is 0.251. The van der Waals surface area contributed by atoms with Crippen LogP contribution in [0.15, 0.2) is 35.3 Å². The van der Waals surface area contributed by atoms with Gasteiger partial charge in [0.25, 0.3) is 0 Å². The number of aliphatic imine (C=N–C) groups is 1. The van der Waals surface area contributed by atoms with Gasteiger partial charge < -0.3 is 20.0 Å². The summed E-state index contributed by atoms with van der Waals surface area (Å²) in [4.78, 5) is 24.1. The standard InChI is InChI=1S/C22H35N5O/c1-3-23-22(24-13-12-21(28)27-14-8-7-9-19(27)2)26-17-15-25(16-18-26)20-10-5-4-6-11-20/h4-6,10-11,19H,3,7-9,12-18H2,1-2H3,(H,23,24). The molecule has 154 valence electrons. The summed E-state index contributed by atoms with van der Waals surface area (Å²) in [6.07, 6.45) is 4.00. The summed E-state index contributed by atoms with van der Waals surface area (Å²) in [6.45, 7) is 10.4. The fourth-order valence-electron chi connectivity index (χ4n) is 4.11. The molecule has 2 heterocycles. The van der Waals surface area contributed by atoms with Crippen LogP contribution in [-0.2, 0) is 4.79 Å². The molecule has 0 bridgehead atoms. The molecule has 1 atom stereocenters. The molecule has 3 rings (SSSR count). The Labute approximate surface area is 169 Å². The molecular weight excluding hydrogens is 350 g/mol. The third kappa shape index (κ3) is 5.40. The van der Waals surface area contributed by atoms with E-state index in [0.29, 0.717) is 19.0 Å². The maximum Gasteiger partial charge on any atom is 0.224 e. The van der Waals surface area contributed by atoms with E-state index >= 15 is 0 Å². The van der Waals surface area contributed by atoms with Gasteiger partial charge in [-0.1, -0.05) is 18.2 Å². The Morgan fingerprint density at radius 2 is 1.86 bits per heavy atom. The maximum absolute atomic E-state index is 12.5. The number of likely N-dealkylation sites (tertiary alicyclic amines) is 1. The van der Waals surface area contributed by atoms with Gasteiger partial charge in [0.1, 0.15) is 0 Å². The quantitative estimate of drug-likeness (QED) is 0.625. The van der Waals surface area contributed by atoms with Gasteiger partial charge in [-0.05, 0) is 45.2 Å². The van der Waals surface area contributed by atoms with E-state index in [4.69, 9.17) is 4.99 Å². The van der Waals surface area contributed by atoms with E-state index < -0.39 is 0 Å². The number of hydrogen-bond donors (Lipinski definition) is 1. The van der Waals surface area contributed by atoms with E-state index in [1.54, 1.807) is 0 Å². The second-order valence-electron chi connectivity index (χ2n) is 7.73. The first-order valence-electron chi connectivity index (χ1n) is 10.8. The van der Waals surface area contributed by atoms with Crippen molar-refractivity contribution in [1.82, 2.24) is 15.1 Å². The SMILES string of the molecule is CCNC(=NCCC(=O)N1CCCCC1C)N1CCN(c2ccccc2)CC1. The number of piperidine rings is 1. The van der Waals surface area contributed by atoms with Crippen molar-refractivity contribution < 1.29 is 4.79 Å². The average Bonchev–Trinajstić information content (AvgIpc) is 2.74. The Kier molecular flexibility index (Phi) is 7.57. The van der Waals surface area contributed by atoms with Gasteiger partial charge in [0.15, 0.2) is 5.96 Å². The molecule has 1 N–H and O–H groups in total. The maximum atomic E-state index is 12.5. The van der Waals surface area contributed by atoms with Crippen LogP contribution in [0.2, 0.25) is 0 Å². The average molecular weight is 386 g/mol. The van der Waals surface area contributed by atoms with E-state index in [9.17, 15) is 4.79 Å². The van der Waals surface area contributed by atoms with Crippen LogP contribution in [0.4, 0.5) is 5.69 Å². The summed E-state index contributed by atoms with van der Waals surface area (Å²) in [6, 6.07) is 11.0. The highest BCUT2D eigenvalue weighted by molar-refractivity contribution is 5.81. The van der Waals surface area contributed by atoms with E-state index in [1.165, 1.54) is 12.1 Å². The fraction of sp³-hybridized carbons (Fsp3) is 0.636. The molecule has 6 nitrogen and oxygen atoms in total. The summed E-state index contributed by atoms with van der Waals surface area (Å²) in [5, 5.41) is 3.40. The summed E-state index contributed by atoms with van der Waals surface area (Å²) < 4.78 is 0. The number of para-hydroxylation sites is 1. The molecule has 2 fully saturated rings. The molecule has 28 heavy (non-hydrogen) atoms. The largest absolute Gasteiger partial charge is 0.368 e. The number of hydrogen-bond acceptors (Lipinski definition) is 3. The number of nitrogens with zero attached hydrogens (tertiary/aromatic N) is 4. The molecule has 1 aromatic carbocycles. The van der Waals surface area contributed by atoms with Crippen molar-refractivity contribution in [3.8, 4) is 0 Å². The molecular formula is C22H35N5O. The Morgan fingerprint density at radius 1 is 1.11 bits per heavy atom. The highest BCUT2D eigenvalue weighted by Gasteiger charge is 2.23. The first-order valence-corrected chi connectivity index (χ1v) is 10.8. The number of carbonyl (C=O) groups excluding carboxylic acids is 1. The van der Waals surface area contributed by atoms with Crippen molar-refractivity contribution in [1.29, 1.82) is 0 Å². The van der Waals surface area contributed by atoms with Crippen molar-refractivity contribution in [2.75, 3.05) is 50.7 Å². The normalized spacial score (nSPS) is 21.0. The van der Waals surface area contributed by atoms with Gasteiger partial charge >= 0.3 is 0 Å². The van der Waals surface area contributed by atoms with Gasteiger partial charge in [-0.3, -0.25) is 9.79 Å². The number of carbonyl (C=O) groups is 1. The van der Waals surface area contributed by atoms with Crippen molar-refractivity contribution in [3.05, 3.63) is 30.3 Å². The number of rotatable bonds is 5. The lowest BCUT2D eigenvalue weighted by Crippen LogP contribution is -2.52. The van der Waals surface area contributed by atoms with Crippen molar-refractivity contribution in [3.63, 3.8) is 0 Å². The number of amides is 1. The molecule has 2 aliphatic heterocycles. The van der Waals surface area contributed by atoms with Gasteiger partial charge in [0.2, 0.25) is 5.91 Å². The van der Waals surface area contributed by atoms with Crippen molar-refractivity contribution >= 4 is 17.6 Å². The predicted molar refractivity (Wildman–Crippen MR) is 116 cm³/mol. The van der Waals surface area contributed by atoms with E-state index in [0.717, 1.165) is 58.1 Å². The van der Waals surface area contributed by atoms with Crippen LogP contribution < -0.4 is 10.2 Å². The van der Waals surface area contributed by atoms with E-state index in [-0.39, 0.29) is 5.91 Å². The zero-order chi connectivity index (χ0) is 19.8. The molecule has 2 aliphatic rings. The molecule has 0 spiro atoms. The second kappa shape index (κ2) is 10.3. The number of piperazine rings is 1. The fourth-order valence-corrected chi connectivity index (χ4v) is 4.11. The van der Waals surface area contributed by atoms with Crippen LogP contribution in [0.25, 0.3) is 0 Å². The molecule has 1 aromatic rings. The Hall–Kier alpha value is -2.24. The minimum Gasteiger partial charge on any atom is -0.368 e. The Bertz CT molecular complexity index is 640. The molecule has 0 aliphatic carbocycles. The van der Waals surface area contributed by atoms with Gasteiger partial charge in [-0.2, -0.15) is 0 Å². The molecule has 2 saturated heterocycles. The van der Waals surface area contributed by atoms with Crippen LogP contribution in [0, 0.1) is 0 Å². The zero-order valence-corrected chi connectivity index (χ0v) is 17.4. The topological polar surface area (TPSA) is 51.2 Å². The number of guanidine groups is 1. The van der Waals surface area contributed by atoms with Crippen LogP contribution in [-0.4, -0.2) is 73.5 Å². The van der Waals surface area contributed by atoms with Gasteiger partial charge in [0.05, 0.1) is 6.54 Å². The first-order chi connectivity index (χ1) is 13.7. The van der Waals surface area contributed by atoms with Crippen LogP contribution in [0.1, 0.15) is 39.5 Å². The minimum absolute atomic E-state index is 0.251. The van der Waals surface area contributed by atoms with Crippen LogP contribution >= 0.6 is 0 Å². The summed E-state index contributed by atoms with van der Waals surface area (Å²) in [5.41, 5.74) is 1.28. The Balaban J connectivity index is 1.51.